The second-order valence-corrected chi connectivity index (χ2v) is 5.00. The Bertz CT molecular complexity index is 658. The van der Waals surface area contributed by atoms with Gasteiger partial charge in [0.1, 0.15) is 18.3 Å². The van der Waals surface area contributed by atoms with Gasteiger partial charge in [-0.25, -0.2) is 9.59 Å². The monoisotopic (exact) mass is 346 g/mol. The summed E-state index contributed by atoms with van der Waals surface area (Å²) in [7, 11) is 0. The summed E-state index contributed by atoms with van der Waals surface area (Å²) in [5, 5.41) is 66.0. The largest absolute Gasteiger partial charge is 0.504 e. The molecule has 5 atom stereocenters. The third-order valence-corrected chi connectivity index (χ3v) is 3.36. The van der Waals surface area contributed by atoms with Crippen LogP contribution in [-0.2, 0) is 9.53 Å². The molecule has 1 fully saturated rings. The van der Waals surface area contributed by atoms with Gasteiger partial charge in [0.15, 0.2) is 17.6 Å². The summed E-state index contributed by atoms with van der Waals surface area (Å²) in [6.45, 7) is 0. The molecule has 0 aliphatic carbocycles. The van der Waals surface area contributed by atoms with Crippen LogP contribution in [0.15, 0.2) is 12.1 Å². The van der Waals surface area contributed by atoms with Crippen LogP contribution in [0.3, 0.4) is 0 Å². The van der Waals surface area contributed by atoms with E-state index in [-0.39, 0.29) is 0 Å². The lowest BCUT2D eigenvalue weighted by Gasteiger charge is -2.38. The maximum atomic E-state index is 11.0. The number of aliphatic carboxylic acids is 1. The number of aromatic carboxylic acids is 1. The normalized spacial score (nSPS) is 29.9. The van der Waals surface area contributed by atoms with Crippen molar-refractivity contribution in [1.29, 1.82) is 0 Å². The van der Waals surface area contributed by atoms with Crippen molar-refractivity contribution in [3.63, 3.8) is 0 Å². The van der Waals surface area contributed by atoms with Crippen LogP contribution in [0, 0.1) is 0 Å². The van der Waals surface area contributed by atoms with Crippen LogP contribution in [0.2, 0.25) is 0 Å². The average Bonchev–Trinajstić information content (AvgIpc) is 2.51. The maximum absolute atomic E-state index is 11.0. The van der Waals surface area contributed by atoms with Crippen molar-refractivity contribution in [1.82, 2.24) is 0 Å². The van der Waals surface area contributed by atoms with E-state index in [1.807, 2.05) is 0 Å². The van der Waals surface area contributed by atoms with Gasteiger partial charge in [-0.3, -0.25) is 0 Å². The number of benzene rings is 1. The zero-order valence-electron chi connectivity index (χ0n) is 11.8. The van der Waals surface area contributed by atoms with E-state index >= 15 is 0 Å². The fourth-order valence-electron chi connectivity index (χ4n) is 2.08. The number of phenolic OH excluding ortho intramolecular Hbond substituents is 2. The molecule has 5 unspecified atom stereocenters. The Kier molecular flexibility index (Phi) is 4.80. The van der Waals surface area contributed by atoms with Gasteiger partial charge in [-0.15, -0.1) is 0 Å². The summed E-state index contributed by atoms with van der Waals surface area (Å²) in [6, 6.07) is 1.53. The van der Waals surface area contributed by atoms with Crippen molar-refractivity contribution in [3.05, 3.63) is 17.7 Å². The van der Waals surface area contributed by atoms with Gasteiger partial charge in [-0.05, 0) is 12.1 Å². The first-order valence-electron chi connectivity index (χ1n) is 6.52. The minimum Gasteiger partial charge on any atom is -0.504 e. The molecule has 11 heteroatoms. The van der Waals surface area contributed by atoms with E-state index < -0.39 is 65.5 Å². The Hall–Kier alpha value is -2.60. The SMILES string of the molecule is O=C(O)c1cc(O)c(O)c(OC2OC(C(=O)O)C(O)C(O)C2O)c1. The quantitative estimate of drug-likeness (QED) is 0.300. The van der Waals surface area contributed by atoms with Crippen LogP contribution in [0.5, 0.6) is 17.2 Å². The molecule has 0 spiro atoms. The fourth-order valence-corrected chi connectivity index (χ4v) is 2.08. The van der Waals surface area contributed by atoms with E-state index in [0.717, 1.165) is 12.1 Å². The van der Waals surface area contributed by atoms with Gasteiger partial charge < -0.3 is 45.2 Å². The highest BCUT2D eigenvalue weighted by molar-refractivity contribution is 5.89. The number of aromatic hydroxyl groups is 2. The molecule has 1 aromatic carbocycles. The average molecular weight is 346 g/mol. The van der Waals surface area contributed by atoms with E-state index in [0.29, 0.717) is 0 Å². The smallest absolute Gasteiger partial charge is 0.335 e. The molecule has 1 aromatic rings. The number of hydrogen-bond donors (Lipinski definition) is 7. The molecular formula is C13H14O11. The van der Waals surface area contributed by atoms with Crippen molar-refractivity contribution in [3.8, 4) is 17.2 Å². The van der Waals surface area contributed by atoms with Crippen LogP contribution < -0.4 is 4.74 Å². The molecule has 11 nitrogen and oxygen atoms in total. The molecule has 24 heavy (non-hydrogen) atoms. The molecule has 7 N–H and O–H groups in total. The lowest BCUT2D eigenvalue weighted by Crippen LogP contribution is -2.61. The molecule has 1 heterocycles. The summed E-state index contributed by atoms with van der Waals surface area (Å²) < 4.78 is 9.81. The summed E-state index contributed by atoms with van der Waals surface area (Å²) >= 11 is 0. The molecule has 0 radical (unpaired) electrons. The van der Waals surface area contributed by atoms with Crippen molar-refractivity contribution in [2.24, 2.45) is 0 Å². The van der Waals surface area contributed by atoms with Gasteiger partial charge in [0.05, 0.1) is 5.56 Å². The lowest BCUT2D eigenvalue weighted by molar-refractivity contribution is -0.271. The molecule has 1 aliphatic heterocycles. The minimum atomic E-state index is -1.94. The number of rotatable bonds is 4. The predicted molar refractivity (Wildman–Crippen MR) is 71.7 cm³/mol. The Balaban J connectivity index is 2.32. The highest BCUT2D eigenvalue weighted by Crippen LogP contribution is 2.38. The zero-order chi connectivity index (χ0) is 18.2. The summed E-state index contributed by atoms with van der Waals surface area (Å²) in [5.41, 5.74) is -0.471. The van der Waals surface area contributed by atoms with Gasteiger partial charge in [0.2, 0.25) is 12.0 Å². The molecular weight excluding hydrogens is 332 g/mol. The number of aliphatic hydroxyl groups is 3. The lowest BCUT2D eigenvalue weighted by atomic mass is 9.99. The Morgan fingerprint density at radius 1 is 1.00 bits per heavy atom. The Morgan fingerprint density at radius 2 is 1.62 bits per heavy atom. The standard InChI is InChI=1S/C13H14O11/c14-4-1-3(11(19)20)2-5(6(4)15)23-13-9(18)7(16)8(17)10(24-13)12(21)22/h1-2,7-10,13-18H,(H,19,20)(H,21,22). The molecule has 132 valence electrons. The number of carboxylic acids is 2. The van der Waals surface area contributed by atoms with Gasteiger partial charge in [0.25, 0.3) is 0 Å². The van der Waals surface area contributed by atoms with Crippen molar-refractivity contribution < 1.29 is 54.8 Å². The molecule has 0 amide bonds. The number of phenols is 2. The topological polar surface area (TPSA) is 194 Å². The summed E-state index contributed by atoms with van der Waals surface area (Å²) in [4.78, 5) is 21.9. The second-order valence-electron chi connectivity index (χ2n) is 5.00. The van der Waals surface area contributed by atoms with E-state index in [1.54, 1.807) is 0 Å². The van der Waals surface area contributed by atoms with Crippen LogP contribution >= 0.6 is 0 Å². The Morgan fingerprint density at radius 3 is 2.17 bits per heavy atom. The first-order valence-corrected chi connectivity index (χ1v) is 6.52. The molecule has 0 saturated carbocycles. The first-order chi connectivity index (χ1) is 11.1. The number of carbonyl (C=O) groups is 2. The number of carboxylic acid groups (broad SMARTS) is 2. The molecule has 0 aromatic heterocycles. The van der Waals surface area contributed by atoms with E-state index in [1.165, 1.54) is 0 Å². The van der Waals surface area contributed by atoms with E-state index in [2.05, 4.69) is 0 Å². The van der Waals surface area contributed by atoms with E-state index in [4.69, 9.17) is 19.7 Å². The zero-order valence-corrected chi connectivity index (χ0v) is 11.8. The molecule has 1 aliphatic rings. The van der Waals surface area contributed by atoms with Crippen LogP contribution in [-0.4, -0.2) is 78.4 Å². The second kappa shape index (κ2) is 6.49. The third kappa shape index (κ3) is 3.19. The van der Waals surface area contributed by atoms with Crippen molar-refractivity contribution >= 4 is 11.9 Å². The predicted octanol–water partition coefficient (Wildman–Crippen LogP) is -1.93. The summed E-state index contributed by atoms with van der Waals surface area (Å²) in [5.74, 6) is -5.47. The molecule has 2 rings (SSSR count). The van der Waals surface area contributed by atoms with Gasteiger partial charge >= 0.3 is 11.9 Å². The number of aliphatic hydroxyl groups excluding tert-OH is 3. The highest BCUT2D eigenvalue weighted by atomic mass is 16.7. The maximum Gasteiger partial charge on any atom is 0.335 e. The van der Waals surface area contributed by atoms with Crippen LogP contribution in [0.4, 0.5) is 0 Å². The highest BCUT2D eigenvalue weighted by Gasteiger charge is 2.48. The first kappa shape index (κ1) is 17.7. The van der Waals surface area contributed by atoms with Gasteiger partial charge in [-0.1, -0.05) is 0 Å². The Labute approximate surface area is 133 Å². The van der Waals surface area contributed by atoms with Gasteiger partial charge in [0, 0.05) is 0 Å². The molecule has 0 bridgehead atoms. The van der Waals surface area contributed by atoms with Crippen molar-refractivity contribution in [2.75, 3.05) is 0 Å². The van der Waals surface area contributed by atoms with Crippen LogP contribution in [0.25, 0.3) is 0 Å². The van der Waals surface area contributed by atoms with Crippen molar-refractivity contribution in [2.45, 2.75) is 30.7 Å². The number of hydrogen-bond acceptors (Lipinski definition) is 9. The van der Waals surface area contributed by atoms with Crippen LogP contribution in [0.1, 0.15) is 10.4 Å². The summed E-state index contributed by atoms with van der Waals surface area (Å²) in [6.07, 6.45) is -9.59. The minimum absolute atomic E-state index is 0.471. The van der Waals surface area contributed by atoms with Gasteiger partial charge in [-0.2, -0.15) is 0 Å². The number of ether oxygens (including phenoxy) is 2. The third-order valence-electron chi connectivity index (χ3n) is 3.36. The van der Waals surface area contributed by atoms with E-state index in [9.17, 15) is 35.1 Å². The fraction of sp³-hybridized carbons (Fsp3) is 0.385. The molecule has 1 saturated heterocycles.